The summed E-state index contributed by atoms with van der Waals surface area (Å²) < 4.78 is 0. The lowest BCUT2D eigenvalue weighted by Crippen LogP contribution is -2.18. The van der Waals surface area contributed by atoms with Crippen LogP contribution in [0.4, 0.5) is 11.5 Å². The van der Waals surface area contributed by atoms with Crippen LogP contribution in [-0.4, -0.2) is 16.5 Å². The van der Waals surface area contributed by atoms with Crippen LogP contribution < -0.4 is 10.6 Å². The molecule has 0 radical (unpaired) electrons. The topological polar surface area (TPSA) is 55.0 Å². The summed E-state index contributed by atoms with van der Waals surface area (Å²) >= 11 is 0. The van der Waals surface area contributed by atoms with E-state index in [4.69, 9.17) is 5.73 Å². The Balaban J connectivity index is 2.07. The van der Waals surface area contributed by atoms with Gasteiger partial charge in [0.05, 0.1) is 0 Å². The van der Waals surface area contributed by atoms with Gasteiger partial charge in [0.15, 0.2) is 0 Å². The molecule has 1 aromatic carbocycles. The van der Waals surface area contributed by atoms with Gasteiger partial charge in [-0.05, 0) is 18.1 Å². The molecule has 1 aliphatic heterocycles. The predicted octanol–water partition coefficient (Wildman–Crippen LogP) is 1.63. The van der Waals surface area contributed by atoms with E-state index in [-0.39, 0.29) is 0 Å². The molecule has 2 aromatic rings. The Kier molecular flexibility index (Phi) is 2.49. The summed E-state index contributed by atoms with van der Waals surface area (Å²) in [6.45, 7) is 1.43. The molecule has 4 nitrogen and oxygen atoms in total. The normalized spacial score (nSPS) is 13.8. The van der Waals surface area contributed by atoms with Gasteiger partial charge in [-0.1, -0.05) is 18.2 Å². The molecule has 0 saturated heterocycles. The molecule has 0 saturated carbocycles. The maximum absolute atomic E-state index is 5.73. The second kappa shape index (κ2) is 4.14. The largest absolute Gasteiger partial charge is 0.326 e. The number of nitrogens with zero attached hydrogens (tertiary/aromatic N) is 3. The van der Waals surface area contributed by atoms with Crippen molar-refractivity contribution in [1.29, 1.82) is 0 Å². The first-order valence-electron chi connectivity index (χ1n) is 5.74. The number of rotatable bonds is 2. The summed E-state index contributed by atoms with van der Waals surface area (Å²) in [6.07, 6.45) is 4.43. The molecule has 0 aliphatic carbocycles. The molecule has 0 unspecified atom stereocenters. The molecule has 86 valence electrons. The van der Waals surface area contributed by atoms with Crippen LogP contribution in [0.5, 0.6) is 0 Å². The van der Waals surface area contributed by atoms with Crippen LogP contribution in [0.2, 0.25) is 0 Å². The molecule has 4 heteroatoms. The average molecular weight is 226 g/mol. The van der Waals surface area contributed by atoms with Gasteiger partial charge < -0.3 is 10.6 Å². The molecular weight excluding hydrogens is 212 g/mol. The van der Waals surface area contributed by atoms with E-state index in [9.17, 15) is 0 Å². The molecule has 0 atom stereocenters. The Bertz CT molecular complexity index is 538. The fourth-order valence-corrected chi connectivity index (χ4v) is 2.30. The van der Waals surface area contributed by atoms with Gasteiger partial charge in [-0.15, -0.1) is 0 Å². The standard InChI is InChI=1S/C13H14N4/c14-7-11-8-15-9-16-13(11)17-6-5-10-3-1-2-4-12(10)17/h1-4,8-9H,5-7,14H2. The van der Waals surface area contributed by atoms with Crippen LogP contribution in [0.25, 0.3) is 0 Å². The van der Waals surface area contributed by atoms with Crippen molar-refractivity contribution >= 4 is 11.5 Å². The van der Waals surface area contributed by atoms with Crippen molar-refractivity contribution in [2.24, 2.45) is 5.73 Å². The maximum atomic E-state index is 5.73. The van der Waals surface area contributed by atoms with Crippen molar-refractivity contribution in [1.82, 2.24) is 9.97 Å². The van der Waals surface area contributed by atoms with Crippen LogP contribution >= 0.6 is 0 Å². The fraction of sp³-hybridized carbons (Fsp3) is 0.231. The number of hydrogen-bond donors (Lipinski definition) is 1. The molecule has 0 spiro atoms. The van der Waals surface area contributed by atoms with Gasteiger partial charge in [-0.25, -0.2) is 9.97 Å². The number of aromatic nitrogens is 2. The minimum atomic E-state index is 0.467. The predicted molar refractivity (Wildman–Crippen MR) is 67.1 cm³/mol. The Hall–Kier alpha value is -1.94. The van der Waals surface area contributed by atoms with Crippen LogP contribution in [0.1, 0.15) is 11.1 Å². The van der Waals surface area contributed by atoms with Gasteiger partial charge in [0.1, 0.15) is 12.1 Å². The zero-order chi connectivity index (χ0) is 11.7. The van der Waals surface area contributed by atoms with E-state index >= 15 is 0 Å². The van der Waals surface area contributed by atoms with Gasteiger partial charge in [0.25, 0.3) is 0 Å². The van der Waals surface area contributed by atoms with Crippen LogP contribution in [0.15, 0.2) is 36.8 Å². The quantitative estimate of drug-likeness (QED) is 0.845. The van der Waals surface area contributed by atoms with Crippen LogP contribution in [0.3, 0.4) is 0 Å². The second-order valence-electron chi connectivity index (χ2n) is 4.11. The summed E-state index contributed by atoms with van der Waals surface area (Å²) in [4.78, 5) is 10.6. The first kappa shape index (κ1) is 10.2. The second-order valence-corrected chi connectivity index (χ2v) is 4.11. The third kappa shape index (κ3) is 1.66. The third-order valence-corrected chi connectivity index (χ3v) is 3.13. The van der Waals surface area contributed by atoms with Gasteiger partial charge >= 0.3 is 0 Å². The number of benzene rings is 1. The Labute approximate surface area is 100 Å². The molecule has 1 aliphatic rings. The summed E-state index contributed by atoms with van der Waals surface area (Å²) in [7, 11) is 0. The van der Waals surface area contributed by atoms with E-state index in [0.717, 1.165) is 24.3 Å². The van der Waals surface area contributed by atoms with E-state index < -0.39 is 0 Å². The van der Waals surface area contributed by atoms with Crippen molar-refractivity contribution in [3.05, 3.63) is 47.9 Å². The fourth-order valence-electron chi connectivity index (χ4n) is 2.30. The highest BCUT2D eigenvalue weighted by Gasteiger charge is 2.22. The molecule has 0 fully saturated rings. The summed E-state index contributed by atoms with van der Waals surface area (Å²) in [5.41, 5.74) is 9.33. The molecule has 0 bridgehead atoms. The molecule has 3 rings (SSSR count). The zero-order valence-corrected chi connectivity index (χ0v) is 9.50. The average Bonchev–Trinajstić information content (AvgIpc) is 2.82. The lowest BCUT2D eigenvalue weighted by Gasteiger charge is -2.20. The van der Waals surface area contributed by atoms with E-state index in [0.29, 0.717) is 6.54 Å². The first-order valence-corrected chi connectivity index (χ1v) is 5.74. The third-order valence-electron chi connectivity index (χ3n) is 3.13. The van der Waals surface area contributed by atoms with Crippen molar-refractivity contribution < 1.29 is 0 Å². The lowest BCUT2D eigenvalue weighted by atomic mass is 10.2. The molecule has 0 amide bonds. The minimum Gasteiger partial charge on any atom is -0.326 e. The van der Waals surface area contributed by atoms with Gasteiger partial charge in [0, 0.05) is 30.5 Å². The van der Waals surface area contributed by atoms with Crippen molar-refractivity contribution in [3.8, 4) is 0 Å². The van der Waals surface area contributed by atoms with E-state index in [1.807, 2.05) is 0 Å². The number of anilines is 2. The van der Waals surface area contributed by atoms with E-state index in [1.54, 1.807) is 12.5 Å². The van der Waals surface area contributed by atoms with Gasteiger partial charge in [-0.2, -0.15) is 0 Å². The maximum Gasteiger partial charge on any atom is 0.140 e. The van der Waals surface area contributed by atoms with Crippen LogP contribution in [-0.2, 0) is 13.0 Å². The number of fused-ring (bicyclic) bond motifs is 1. The molecular formula is C13H14N4. The minimum absolute atomic E-state index is 0.467. The number of para-hydroxylation sites is 1. The summed E-state index contributed by atoms with van der Waals surface area (Å²) in [5, 5.41) is 0. The Morgan fingerprint density at radius 3 is 3.06 bits per heavy atom. The molecule has 1 aromatic heterocycles. The van der Waals surface area contributed by atoms with E-state index in [1.165, 1.54) is 11.3 Å². The highest BCUT2D eigenvalue weighted by Crippen LogP contribution is 2.34. The SMILES string of the molecule is NCc1cncnc1N1CCc2ccccc21. The lowest BCUT2D eigenvalue weighted by molar-refractivity contribution is 0.925. The smallest absolute Gasteiger partial charge is 0.140 e. The van der Waals surface area contributed by atoms with Crippen molar-refractivity contribution in [2.45, 2.75) is 13.0 Å². The Morgan fingerprint density at radius 1 is 1.29 bits per heavy atom. The first-order chi connectivity index (χ1) is 8.40. The highest BCUT2D eigenvalue weighted by molar-refractivity contribution is 5.69. The monoisotopic (exact) mass is 226 g/mol. The van der Waals surface area contributed by atoms with Gasteiger partial charge in [0.2, 0.25) is 0 Å². The molecule has 17 heavy (non-hydrogen) atoms. The zero-order valence-electron chi connectivity index (χ0n) is 9.50. The number of hydrogen-bond acceptors (Lipinski definition) is 4. The van der Waals surface area contributed by atoms with Gasteiger partial charge in [-0.3, -0.25) is 0 Å². The number of nitrogens with two attached hydrogens (primary N) is 1. The summed E-state index contributed by atoms with van der Waals surface area (Å²) in [5.74, 6) is 0.937. The van der Waals surface area contributed by atoms with Crippen molar-refractivity contribution in [3.63, 3.8) is 0 Å². The summed E-state index contributed by atoms with van der Waals surface area (Å²) in [6, 6.07) is 8.43. The van der Waals surface area contributed by atoms with Crippen LogP contribution in [0, 0.1) is 0 Å². The van der Waals surface area contributed by atoms with Crippen molar-refractivity contribution in [2.75, 3.05) is 11.4 Å². The molecule has 2 N–H and O–H groups in total. The molecule has 2 heterocycles. The highest BCUT2D eigenvalue weighted by atomic mass is 15.2. The Morgan fingerprint density at radius 2 is 2.18 bits per heavy atom. The van der Waals surface area contributed by atoms with E-state index in [2.05, 4.69) is 39.1 Å².